The van der Waals surface area contributed by atoms with Gasteiger partial charge in [-0.15, -0.1) is 0 Å². The quantitative estimate of drug-likeness (QED) is 0.758. The highest BCUT2D eigenvalue weighted by molar-refractivity contribution is 5.79. The predicted octanol–water partition coefficient (Wildman–Crippen LogP) is 4.07. The molecule has 0 atom stereocenters. The summed E-state index contributed by atoms with van der Waals surface area (Å²) in [4.78, 5) is 26.9. The van der Waals surface area contributed by atoms with Crippen molar-refractivity contribution in [1.29, 1.82) is 0 Å². The van der Waals surface area contributed by atoms with Crippen LogP contribution in [0.5, 0.6) is 0 Å². The first-order valence-electron chi connectivity index (χ1n) is 11.5. The summed E-state index contributed by atoms with van der Waals surface area (Å²) in [5, 5.41) is 6.22. The number of amides is 3. The van der Waals surface area contributed by atoms with E-state index >= 15 is 0 Å². The summed E-state index contributed by atoms with van der Waals surface area (Å²) in [7, 11) is 0. The molecule has 0 unspecified atom stereocenters. The van der Waals surface area contributed by atoms with Crippen LogP contribution in [-0.4, -0.2) is 42.5 Å². The van der Waals surface area contributed by atoms with Gasteiger partial charge in [-0.05, 0) is 50.4 Å². The van der Waals surface area contributed by atoms with Gasteiger partial charge in [0.25, 0.3) is 0 Å². The second-order valence-corrected chi connectivity index (χ2v) is 9.08. The van der Waals surface area contributed by atoms with Crippen LogP contribution >= 0.6 is 0 Å². The van der Waals surface area contributed by atoms with Gasteiger partial charge in [0.1, 0.15) is 0 Å². The van der Waals surface area contributed by atoms with Gasteiger partial charge < -0.3 is 15.5 Å². The largest absolute Gasteiger partial charge is 0.342 e. The van der Waals surface area contributed by atoms with Crippen LogP contribution in [0.15, 0.2) is 0 Å². The zero-order valence-corrected chi connectivity index (χ0v) is 17.2. The van der Waals surface area contributed by atoms with Crippen molar-refractivity contribution < 1.29 is 9.59 Å². The van der Waals surface area contributed by atoms with Gasteiger partial charge in [-0.3, -0.25) is 4.79 Å². The summed E-state index contributed by atoms with van der Waals surface area (Å²) >= 11 is 0. The van der Waals surface area contributed by atoms with Crippen LogP contribution in [0.25, 0.3) is 0 Å². The Morgan fingerprint density at radius 3 is 2.11 bits per heavy atom. The maximum atomic E-state index is 12.6. The standard InChI is InChI=1S/C22H39N3O2/c1-2-17-8-10-18(11-9-17)16-23-22(27)24-20-12-14-25(15-13-20)21(26)19-6-4-3-5-7-19/h17-20H,2-16H2,1H3,(H2,23,24,27). The Labute approximate surface area is 165 Å². The number of carbonyl (C=O) groups excluding carboxylic acids is 2. The average molecular weight is 378 g/mol. The maximum absolute atomic E-state index is 12.6. The van der Waals surface area contributed by atoms with Crippen LogP contribution in [0.4, 0.5) is 4.79 Å². The lowest BCUT2D eigenvalue weighted by Crippen LogP contribution is -2.50. The number of likely N-dealkylation sites (tertiary alicyclic amines) is 1. The summed E-state index contributed by atoms with van der Waals surface area (Å²) < 4.78 is 0. The molecule has 1 aliphatic heterocycles. The molecule has 0 radical (unpaired) electrons. The topological polar surface area (TPSA) is 61.4 Å². The van der Waals surface area contributed by atoms with Crippen LogP contribution < -0.4 is 10.6 Å². The van der Waals surface area contributed by atoms with Crippen molar-refractivity contribution in [2.24, 2.45) is 17.8 Å². The fraction of sp³-hybridized carbons (Fsp3) is 0.909. The van der Waals surface area contributed by atoms with E-state index in [2.05, 4.69) is 17.6 Å². The third-order valence-corrected chi connectivity index (χ3v) is 7.19. The molecule has 3 aliphatic rings. The molecule has 154 valence electrons. The third-order valence-electron chi connectivity index (χ3n) is 7.19. The van der Waals surface area contributed by atoms with Crippen molar-refractivity contribution in [3.63, 3.8) is 0 Å². The van der Waals surface area contributed by atoms with Crippen molar-refractivity contribution in [1.82, 2.24) is 15.5 Å². The van der Waals surface area contributed by atoms with E-state index in [4.69, 9.17) is 0 Å². The Hall–Kier alpha value is -1.26. The smallest absolute Gasteiger partial charge is 0.315 e. The van der Waals surface area contributed by atoms with Crippen LogP contribution in [-0.2, 0) is 4.79 Å². The van der Waals surface area contributed by atoms with Crippen molar-refractivity contribution in [2.45, 2.75) is 90.0 Å². The number of hydrogen-bond donors (Lipinski definition) is 2. The lowest BCUT2D eigenvalue weighted by Gasteiger charge is -2.35. The van der Waals surface area contributed by atoms with Gasteiger partial charge in [-0.2, -0.15) is 0 Å². The van der Waals surface area contributed by atoms with Gasteiger partial charge in [0.05, 0.1) is 0 Å². The van der Waals surface area contributed by atoms with Gasteiger partial charge >= 0.3 is 6.03 Å². The molecule has 3 amide bonds. The molecular weight excluding hydrogens is 338 g/mol. The molecular formula is C22H39N3O2. The number of piperidine rings is 1. The molecule has 0 aromatic rings. The Balaban J connectivity index is 1.30. The van der Waals surface area contributed by atoms with Gasteiger partial charge in [0, 0.05) is 31.6 Å². The normalized spacial score (nSPS) is 28.0. The first-order valence-corrected chi connectivity index (χ1v) is 11.5. The maximum Gasteiger partial charge on any atom is 0.315 e. The molecule has 27 heavy (non-hydrogen) atoms. The van der Waals surface area contributed by atoms with Crippen LogP contribution in [0.1, 0.15) is 84.0 Å². The highest BCUT2D eigenvalue weighted by Gasteiger charge is 2.29. The minimum atomic E-state index is -0.0235. The minimum Gasteiger partial charge on any atom is -0.342 e. The minimum absolute atomic E-state index is 0.0235. The Morgan fingerprint density at radius 1 is 0.852 bits per heavy atom. The van der Waals surface area contributed by atoms with Crippen molar-refractivity contribution >= 4 is 11.9 Å². The molecule has 5 heteroatoms. The molecule has 0 bridgehead atoms. The van der Waals surface area contributed by atoms with Gasteiger partial charge in [-0.1, -0.05) is 45.4 Å². The van der Waals surface area contributed by atoms with Crippen LogP contribution in [0.3, 0.4) is 0 Å². The van der Waals surface area contributed by atoms with Crippen LogP contribution in [0.2, 0.25) is 0 Å². The highest BCUT2D eigenvalue weighted by Crippen LogP contribution is 2.30. The molecule has 0 aromatic carbocycles. The molecule has 1 saturated heterocycles. The highest BCUT2D eigenvalue weighted by atomic mass is 16.2. The first-order chi connectivity index (χ1) is 13.2. The van der Waals surface area contributed by atoms with E-state index in [-0.39, 0.29) is 18.0 Å². The van der Waals surface area contributed by atoms with E-state index < -0.39 is 0 Å². The lowest BCUT2D eigenvalue weighted by atomic mass is 9.81. The molecule has 3 fully saturated rings. The van der Waals surface area contributed by atoms with E-state index in [1.54, 1.807) is 0 Å². The van der Waals surface area contributed by atoms with Gasteiger partial charge in [0.15, 0.2) is 0 Å². The fourth-order valence-corrected chi connectivity index (χ4v) is 5.17. The van der Waals surface area contributed by atoms with Crippen LogP contribution in [0, 0.1) is 17.8 Å². The zero-order valence-electron chi connectivity index (χ0n) is 17.2. The monoisotopic (exact) mass is 377 g/mol. The molecule has 2 saturated carbocycles. The summed E-state index contributed by atoms with van der Waals surface area (Å²) in [6, 6.07) is 0.181. The zero-order chi connectivity index (χ0) is 19.1. The second kappa shape index (κ2) is 10.3. The number of nitrogens with zero attached hydrogens (tertiary/aromatic N) is 1. The molecule has 0 spiro atoms. The Bertz CT molecular complexity index is 474. The fourth-order valence-electron chi connectivity index (χ4n) is 5.17. The molecule has 3 rings (SSSR count). The summed E-state index contributed by atoms with van der Waals surface area (Å²) in [6.45, 7) is 4.68. The van der Waals surface area contributed by atoms with Gasteiger partial charge in [0.2, 0.25) is 5.91 Å². The van der Waals surface area contributed by atoms with E-state index in [0.29, 0.717) is 11.8 Å². The van der Waals surface area contributed by atoms with E-state index in [1.165, 1.54) is 51.4 Å². The summed E-state index contributed by atoms with van der Waals surface area (Å²) in [5.41, 5.74) is 0. The molecule has 2 aliphatic carbocycles. The lowest BCUT2D eigenvalue weighted by molar-refractivity contribution is -0.137. The SMILES string of the molecule is CCC1CCC(CNC(=O)NC2CCN(C(=O)C3CCCCC3)CC2)CC1. The van der Waals surface area contributed by atoms with Crippen molar-refractivity contribution in [2.75, 3.05) is 19.6 Å². The van der Waals surface area contributed by atoms with E-state index in [9.17, 15) is 9.59 Å². The van der Waals surface area contributed by atoms with Gasteiger partial charge in [-0.25, -0.2) is 4.79 Å². The number of urea groups is 1. The number of nitrogens with one attached hydrogen (secondary N) is 2. The van der Waals surface area contributed by atoms with Crippen molar-refractivity contribution in [3.8, 4) is 0 Å². The van der Waals surface area contributed by atoms with E-state index in [0.717, 1.165) is 51.2 Å². The first kappa shape index (κ1) is 20.5. The number of rotatable bonds is 5. The molecule has 0 aromatic heterocycles. The summed E-state index contributed by atoms with van der Waals surface area (Å²) in [6.07, 6.45) is 14.0. The molecule has 5 nitrogen and oxygen atoms in total. The molecule has 1 heterocycles. The Morgan fingerprint density at radius 2 is 1.48 bits per heavy atom. The van der Waals surface area contributed by atoms with Crippen molar-refractivity contribution in [3.05, 3.63) is 0 Å². The van der Waals surface area contributed by atoms with E-state index in [1.807, 2.05) is 4.90 Å². The number of hydrogen-bond acceptors (Lipinski definition) is 2. The predicted molar refractivity (Wildman–Crippen MR) is 108 cm³/mol. The summed E-state index contributed by atoms with van der Waals surface area (Å²) in [5.74, 6) is 2.17. The average Bonchev–Trinajstić information content (AvgIpc) is 2.73. The third kappa shape index (κ3) is 6.11. The second-order valence-electron chi connectivity index (χ2n) is 9.08. The Kier molecular flexibility index (Phi) is 7.83. The molecule has 2 N–H and O–H groups in total. The number of carbonyl (C=O) groups is 2.